The number of imidazole rings is 1. The minimum Gasteiger partial charge on any atom is -0.396 e. The highest BCUT2D eigenvalue weighted by Gasteiger charge is 2.14. The van der Waals surface area contributed by atoms with E-state index in [1.165, 1.54) is 12.1 Å². The van der Waals surface area contributed by atoms with Crippen LogP contribution in [0.4, 0.5) is 10.1 Å². The van der Waals surface area contributed by atoms with Gasteiger partial charge in [-0.05, 0) is 18.2 Å². The molecule has 3 aromatic rings. The van der Waals surface area contributed by atoms with Crippen molar-refractivity contribution in [3.63, 3.8) is 0 Å². The minimum absolute atomic E-state index is 0.0788. The number of hydrogen-bond donors (Lipinski definition) is 1. The minimum atomic E-state index is -0.516. The Morgan fingerprint density at radius 3 is 2.89 bits per heavy atom. The molecule has 0 atom stereocenters. The maximum Gasteiger partial charge on any atom is 0.258 e. The van der Waals surface area contributed by atoms with Gasteiger partial charge in [0.1, 0.15) is 11.5 Å². The van der Waals surface area contributed by atoms with Crippen LogP contribution in [0.3, 0.4) is 0 Å². The van der Waals surface area contributed by atoms with E-state index in [0.717, 1.165) is 0 Å². The second kappa shape index (κ2) is 4.20. The van der Waals surface area contributed by atoms with Gasteiger partial charge in [0.05, 0.1) is 18.2 Å². The van der Waals surface area contributed by atoms with Crippen molar-refractivity contribution in [2.75, 3.05) is 5.73 Å². The average molecular weight is 259 g/mol. The topological polar surface area (TPSA) is 82.8 Å². The third-order valence-electron chi connectivity index (χ3n) is 2.72. The summed E-state index contributed by atoms with van der Waals surface area (Å²) in [5.74, 6) is 0.111. The number of hydrogen-bond acceptors (Lipinski definition) is 5. The van der Waals surface area contributed by atoms with Crippen molar-refractivity contribution in [2.24, 2.45) is 7.05 Å². The fourth-order valence-corrected chi connectivity index (χ4v) is 1.68. The number of halogens is 1. The van der Waals surface area contributed by atoms with Gasteiger partial charge in [-0.2, -0.15) is 4.98 Å². The van der Waals surface area contributed by atoms with Gasteiger partial charge < -0.3 is 14.8 Å². The third kappa shape index (κ3) is 1.95. The normalized spacial score (nSPS) is 10.8. The lowest BCUT2D eigenvalue weighted by atomic mass is 10.2. The highest BCUT2D eigenvalue weighted by molar-refractivity contribution is 5.60. The van der Waals surface area contributed by atoms with Crippen molar-refractivity contribution in [2.45, 2.75) is 0 Å². The molecule has 2 heterocycles. The second-order valence-corrected chi connectivity index (χ2v) is 4.05. The van der Waals surface area contributed by atoms with Gasteiger partial charge in [-0.3, -0.25) is 0 Å². The van der Waals surface area contributed by atoms with Crippen molar-refractivity contribution in [3.05, 3.63) is 36.5 Å². The van der Waals surface area contributed by atoms with Crippen molar-refractivity contribution in [3.8, 4) is 23.0 Å². The van der Waals surface area contributed by atoms with Gasteiger partial charge in [0.2, 0.25) is 5.82 Å². The van der Waals surface area contributed by atoms with Gasteiger partial charge >= 0.3 is 0 Å². The fourth-order valence-electron chi connectivity index (χ4n) is 1.68. The first-order valence-corrected chi connectivity index (χ1v) is 5.51. The lowest BCUT2D eigenvalue weighted by Crippen LogP contribution is -1.91. The average Bonchev–Trinajstić information content (AvgIpc) is 3.01. The smallest absolute Gasteiger partial charge is 0.258 e. The SMILES string of the molecule is Cn1cncc1-c1noc(-c2ccc(N)c(F)c2)n1. The molecule has 0 bridgehead atoms. The van der Waals surface area contributed by atoms with Gasteiger partial charge in [-0.15, -0.1) is 0 Å². The molecule has 1 aromatic carbocycles. The number of nitrogens with zero attached hydrogens (tertiary/aromatic N) is 4. The van der Waals surface area contributed by atoms with E-state index in [4.69, 9.17) is 10.3 Å². The lowest BCUT2D eigenvalue weighted by Gasteiger charge is -1.97. The molecular weight excluding hydrogens is 249 g/mol. The predicted molar refractivity (Wildman–Crippen MR) is 66.3 cm³/mol. The van der Waals surface area contributed by atoms with E-state index in [-0.39, 0.29) is 11.6 Å². The maximum absolute atomic E-state index is 13.4. The van der Waals surface area contributed by atoms with E-state index >= 15 is 0 Å². The Morgan fingerprint density at radius 1 is 1.37 bits per heavy atom. The van der Waals surface area contributed by atoms with Crippen molar-refractivity contribution < 1.29 is 8.91 Å². The van der Waals surface area contributed by atoms with Crippen molar-refractivity contribution in [1.29, 1.82) is 0 Å². The van der Waals surface area contributed by atoms with Gasteiger partial charge in [0, 0.05) is 12.6 Å². The molecule has 19 heavy (non-hydrogen) atoms. The summed E-state index contributed by atoms with van der Waals surface area (Å²) in [6, 6.07) is 4.34. The van der Waals surface area contributed by atoms with Crippen LogP contribution in [0.5, 0.6) is 0 Å². The molecule has 2 N–H and O–H groups in total. The molecule has 0 saturated carbocycles. The van der Waals surface area contributed by atoms with E-state index < -0.39 is 5.82 Å². The van der Waals surface area contributed by atoms with Crippen LogP contribution in [0.2, 0.25) is 0 Å². The largest absolute Gasteiger partial charge is 0.396 e. The molecule has 0 spiro atoms. The Hall–Kier alpha value is -2.70. The molecule has 0 aliphatic rings. The summed E-state index contributed by atoms with van der Waals surface area (Å²) < 4.78 is 20.3. The standard InChI is InChI=1S/C12H10FN5O/c1-18-6-15-5-10(18)11-16-12(19-17-11)7-2-3-9(14)8(13)4-7/h2-6H,14H2,1H3. The first-order valence-electron chi connectivity index (χ1n) is 5.51. The number of aromatic nitrogens is 4. The monoisotopic (exact) mass is 259 g/mol. The predicted octanol–water partition coefficient (Wildman–Crippen LogP) is 1.86. The van der Waals surface area contributed by atoms with E-state index in [2.05, 4.69) is 15.1 Å². The van der Waals surface area contributed by atoms with Crippen molar-refractivity contribution >= 4 is 5.69 Å². The molecule has 0 saturated heterocycles. The molecule has 0 aliphatic heterocycles. The molecule has 2 aromatic heterocycles. The number of aryl methyl sites for hydroxylation is 1. The summed E-state index contributed by atoms with van der Waals surface area (Å²) >= 11 is 0. The summed E-state index contributed by atoms with van der Waals surface area (Å²) in [5.41, 5.74) is 6.69. The van der Waals surface area contributed by atoms with Crippen LogP contribution in [0.1, 0.15) is 0 Å². The summed E-state index contributed by atoms with van der Waals surface area (Å²) in [7, 11) is 1.82. The zero-order valence-electron chi connectivity index (χ0n) is 10.0. The number of nitrogens with two attached hydrogens (primary N) is 1. The summed E-state index contributed by atoms with van der Waals surface area (Å²) in [6.07, 6.45) is 3.26. The van der Waals surface area contributed by atoms with Crippen molar-refractivity contribution in [1.82, 2.24) is 19.7 Å². The van der Waals surface area contributed by atoms with Crippen LogP contribution in [-0.4, -0.2) is 19.7 Å². The molecule has 0 unspecified atom stereocenters. The third-order valence-corrected chi connectivity index (χ3v) is 2.72. The van der Waals surface area contributed by atoms with Crippen LogP contribution in [0.15, 0.2) is 35.2 Å². The Kier molecular flexibility index (Phi) is 2.52. The summed E-state index contributed by atoms with van der Waals surface area (Å²) in [5, 5.41) is 3.85. The van der Waals surface area contributed by atoms with Crippen LogP contribution in [0, 0.1) is 5.82 Å². The van der Waals surface area contributed by atoms with Gasteiger partial charge in [-0.25, -0.2) is 9.37 Å². The maximum atomic E-state index is 13.4. The van der Waals surface area contributed by atoms with Crippen LogP contribution in [0.25, 0.3) is 23.0 Å². The van der Waals surface area contributed by atoms with Gasteiger partial charge in [0.25, 0.3) is 5.89 Å². The fraction of sp³-hybridized carbons (Fsp3) is 0.0833. The zero-order chi connectivity index (χ0) is 13.4. The quantitative estimate of drug-likeness (QED) is 0.710. The molecule has 0 amide bonds. The second-order valence-electron chi connectivity index (χ2n) is 4.05. The molecule has 0 aliphatic carbocycles. The van der Waals surface area contributed by atoms with E-state index in [1.54, 1.807) is 23.2 Å². The Balaban J connectivity index is 2.01. The summed E-state index contributed by atoms with van der Waals surface area (Å²) in [4.78, 5) is 8.18. The molecular formula is C12H10FN5O. The Morgan fingerprint density at radius 2 is 2.21 bits per heavy atom. The first kappa shape index (κ1) is 11.4. The van der Waals surface area contributed by atoms with Gasteiger partial charge in [0.15, 0.2) is 0 Å². The molecule has 6 nitrogen and oxygen atoms in total. The van der Waals surface area contributed by atoms with E-state index in [0.29, 0.717) is 17.1 Å². The molecule has 3 rings (SSSR count). The number of benzene rings is 1. The highest BCUT2D eigenvalue weighted by Crippen LogP contribution is 2.24. The Bertz CT molecular complexity index is 733. The Labute approximate surface area is 107 Å². The van der Waals surface area contributed by atoms with Crippen LogP contribution in [-0.2, 0) is 7.05 Å². The number of anilines is 1. The molecule has 96 valence electrons. The molecule has 0 radical (unpaired) electrons. The highest BCUT2D eigenvalue weighted by atomic mass is 19.1. The van der Waals surface area contributed by atoms with Crippen LogP contribution >= 0.6 is 0 Å². The molecule has 0 fully saturated rings. The lowest BCUT2D eigenvalue weighted by molar-refractivity contribution is 0.431. The molecule has 7 heteroatoms. The van der Waals surface area contributed by atoms with Crippen LogP contribution < -0.4 is 5.73 Å². The van der Waals surface area contributed by atoms with Gasteiger partial charge in [-0.1, -0.05) is 5.16 Å². The van der Waals surface area contributed by atoms with E-state index in [1.807, 2.05) is 7.05 Å². The van der Waals surface area contributed by atoms with E-state index in [9.17, 15) is 4.39 Å². The zero-order valence-corrected chi connectivity index (χ0v) is 10.0. The summed E-state index contributed by atoms with van der Waals surface area (Å²) in [6.45, 7) is 0. The number of rotatable bonds is 2. The number of nitrogen functional groups attached to an aromatic ring is 1. The first-order chi connectivity index (χ1) is 9.15.